The summed E-state index contributed by atoms with van der Waals surface area (Å²) in [7, 11) is 0. The minimum absolute atomic E-state index is 0.614. The second-order valence-electron chi connectivity index (χ2n) is 4.83. The number of aromatic nitrogens is 4. The molecule has 5 heteroatoms. The van der Waals surface area contributed by atoms with Crippen molar-refractivity contribution in [2.24, 2.45) is 0 Å². The van der Waals surface area contributed by atoms with Gasteiger partial charge in [0.15, 0.2) is 0 Å². The lowest BCUT2D eigenvalue weighted by Crippen LogP contribution is -2.03. The molecular weight excluding hydrogens is 262 g/mol. The molecule has 21 heavy (non-hydrogen) atoms. The Morgan fingerprint density at radius 1 is 1.00 bits per heavy atom. The van der Waals surface area contributed by atoms with E-state index >= 15 is 0 Å². The van der Waals surface area contributed by atoms with Crippen LogP contribution in [0.4, 0.5) is 5.69 Å². The van der Waals surface area contributed by atoms with Crippen LogP contribution in [-0.2, 0) is 6.42 Å². The first kappa shape index (κ1) is 13.3. The van der Waals surface area contributed by atoms with E-state index in [0.29, 0.717) is 5.82 Å². The standard InChI is InChI=1S/C16H17N5/c1-2-6-13(7-3-1)8-5-11-17-15-10-4-9-14(12-15)16-18-20-21-19-16/h1-4,6-7,9-10,12,17H,5,8,11H2,(H,18,19,20,21). The number of tetrazole rings is 1. The fourth-order valence-electron chi connectivity index (χ4n) is 2.22. The molecule has 0 unspecified atom stereocenters. The highest BCUT2D eigenvalue weighted by Crippen LogP contribution is 2.18. The van der Waals surface area contributed by atoms with Crippen LogP contribution in [0, 0.1) is 0 Å². The van der Waals surface area contributed by atoms with Crippen molar-refractivity contribution in [2.75, 3.05) is 11.9 Å². The number of hydrogen-bond acceptors (Lipinski definition) is 4. The molecule has 3 rings (SSSR count). The molecule has 0 radical (unpaired) electrons. The molecule has 0 aliphatic rings. The number of anilines is 1. The van der Waals surface area contributed by atoms with Gasteiger partial charge in [-0.1, -0.05) is 42.5 Å². The monoisotopic (exact) mass is 279 g/mol. The van der Waals surface area contributed by atoms with Crippen molar-refractivity contribution in [1.82, 2.24) is 20.6 Å². The topological polar surface area (TPSA) is 66.5 Å². The van der Waals surface area contributed by atoms with Gasteiger partial charge in [-0.15, -0.1) is 10.2 Å². The third kappa shape index (κ3) is 3.66. The van der Waals surface area contributed by atoms with Gasteiger partial charge >= 0.3 is 0 Å². The van der Waals surface area contributed by atoms with Gasteiger partial charge < -0.3 is 5.32 Å². The van der Waals surface area contributed by atoms with Crippen molar-refractivity contribution in [1.29, 1.82) is 0 Å². The first-order chi connectivity index (χ1) is 10.4. The Hall–Kier alpha value is -2.69. The van der Waals surface area contributed by atoms with E-state index in [1.54, 1.807) is 0 Å². The molecule has 2 aromatic carbocycles. The third-order valence-corrected chi connectivity index (χ3v) is 3.28. The van der Waals surface area contributed by atoms with Crippen molar-refractivity contribution in [2.45, 2.75) is 12.8 Å². The summed E-state index contributed by atoms with van der Waals surface area (Å²) < 4.78 is 0. The van der Waals surface area contributed by atoms with Gasteiger partial charge in [-0.05, 0) is 35.8 Å². The van der Waals surface area contributed by atoms with E-state index in [0.717, 1.165) is 30.6 Å². The number of rotatable bonds is 6. The molecule has 0 fully saturated rings. The highest BCUT2D eigenvalue weighted by molar-refractivity contribution is 5.61. The minimum atomic E-state index is 0.614. The summed E-state index contributed by atoms with van der Waals surface area (Å²) >= 11 is 0. The van der Waals surface area contributed by atoms with Crippen LogP contribution in [0.1, 0.15) is 12.0 Å². The summed E-state index contributed by atoms with van der Waals surface area (Å²) in [5, 5.41) is 17.5. The summed E-state index contributed by atoms with van der Waals surface area (Å²) in [5.74, 6) is 0.614. The lowest BCUT2D eigenvalue weighted by Gasteiger charge is -2.07. The second-order valence-corrected chi connectivity index (χ2v) is 4.83. The average Bonchev–Trinajstić information content (AvgIpc) is 3.07. The van der Waals surface area contributed by atoms with Gasteiger partial charge in [-0.25, -0.2) is 0 Å². The molecule has 0 saturated carbocycles. The predicted octanol–water partition coefficient (Wildman–Crippen LogP) is 2.91. The molecule has 0 aliphatic carbocycles. The maximum atomic E-state index is 3.99. The Morgan fingerprint density at radius 2 is 1.90 bits per heavy atom. The van der Waals surface area contributed by atoms with E-state index in [2.05, 4.69) is 50.2 Å². The van der Waals surface area contributed by atoms with Gasteiger partial charge in [-0.3, -0.25) is 0 Å². The van der Waals surface area contributed by atoms with E-state index in [1.165, 1.54) is 5.56 Å². The van der Waals surface area contributed by atoms with Crippen LogP contribution in [0.15, 0.2) is 54.6 Å². The van der Waals surface area contributed by atoms with Crippen LogP contribution in [0.25, 0.3) is 11.4 Å². The van der Waals surface area contributed by atoms with Crippen LogP contribution in [0.3, 0.4) is 0 Å². The van der Waals surface area contributed by atoms with Gasteiger partial charge in [0.25, 0.3) is 0 Å². The molecule has 0 bridgehead atoms. The largest absolute Gasteiger partial charge is 0.385 e. The maximum absolute atomic E-state index is 3.99. The molecule has 0 spiro atoms. The lowest BCUT2D eigenvalue weighted by molar-refractivity contribution is 0.863. The first-order valence-corrected chi connectivity index (χ1v) is 7.03. The molecule has 106 valence electrons. The summed E-state index contributed by atoms with van der Waals surface area (Å²) in [5.41, 5.74) is 3.40. The van der Waals surface area contributed by atoms with Crippen molar-refractivity contribution in [3.05, 3.63) is 60.2 Å². The molecule has 0 aliphatic heterocycles. The maximum Gasteiger partial charge on any atom is 0.204 e. The van der Waals surface area contributed by atoms with Gasteiger partial charge in [-0.2, -0.15) is 5.21 Å². The SMILES string of the molecule is c1ccc(CCCNc2cccc(-c3nn[nH]n3)c2)cc1. The molecule has 0 amide bonds. The Morgan fingerprint density at radius 3 is 2.71 bits per heavy atom. The summed E-state index contributed by atoms with van der Waals surface area (Å²) in [6.45, 7) is 0.935. The Bertz CT molecular complexity index is 664. The van der Waals surface area contributed by atoms with Crippen molar-refractivity contribution in [3.63, 3.8) is 0 Å². The van der Waals surface area contributed by atoms with E-state index in [1.807, 2.05) is 30.3 Å². The number of H-pyrrole nitrogens is 1. The van der Waals surface area contributed by atoms with Crippen LogP contribution in [-0.4, -0.2) is 27.2 Å². The summed E-state index contributed by atoms with van der Waals surface area (Å²) in [6, 6.07) is 18.6. The molecule has 5 nitrogen and oxygen atoms in total. The summed E-state index contributed by atoms with van der Waals surface area (Å²) in [4.78, 5) is 0. The van der Waals surface area contributed by atoms with Crippen LogP contribution < -0.4 is 5.32 Å². The summed E-state index contributed by atoms with van der Waals surface area (Å²) in [6.07, 6.45) is 2.18. The molecular formula is C16H17N5. The van der Waals surface area contributed by atoms with Gasteiger partial charge in [0.05, 0.1) is 0 Å². The van der Waals surface area contributed by atoms with Crippen LogP contribution in [0.2, 0.25) is 0 Å². The average molecular weight is 279 g/mol. The van der Waals surface area contributed by atoms with Crippen LogP contribution in [0.5, 0.6) is 0 Å². The molecule has 3 aromatic rings. The van der Waals surface area contributed by atoms with E-state index in [4.69, 9.17) is 0 Å². The number of aromatic amines is 1. The van der Waals surface area contributed by atoms with Crippen LogP contribution >= 0.6 is 0 Å². The number of benzene rings is 2. The quantitative estimate of drug-likeness (QED) is 0.681. The minimum Gasteiger partial charge on any atom is -0.385 e. The fourth-order valence-corrected chi connectivity index (χ4v) is 2.22. The third-order valence-electron chi connectivity index (χ3n) is 3.28. The van der Waals surface area contributed by atoms with Crippen molar-refractivity contribution >= 4 is 5.69 Å². The lowest BCUT2D eigenvalue weighted by atomic mass is 10.1. The molecule has 2 N–H and O–H groups in total. The number of nitrogens with one attached hydrogen (secondary N) is 2. The van der Waals surface area contributed by atoms with E-state index in [9.17, 15) is 0 Å². The molecule has 1 heterocycles. The van der Waals surface area contributed by atoms with Crippen molar-refractivity contribution in [3.8, 4) is 11.4 Å². The zero-order valence-corrected chi connectivity index (χ0v) is 11.7. The highest BCUT2D eigenvalue weighted by Gasteiger charge is 2.03. The fraction of sp³-hybridized carbons (Fsp3) is 0.188. The van der Waals surface area contributed by atoms with Gasteiger partial charge in [0, 0.05) is 17.8 Å². The molecule has 0 atom stereocenters. The predicted molar refractivity (Wildman–Crippen MR) is 82.9 cm³/mol. The zero-order valence-electron chi connectivity index (χ0n) is 11.7. The molecule has 1 aromatic heterocycles. The smallest absolute Gasteiger partial charge is 0.204 e. The zero-order chi connectivity index (χ0) is 14.3. The highest BCUT2D eigenvalue weighted by atomic mass is 15.5. The Labute approximate surface area is 123 Å². The van der Waals surface area contributed by atoms with Crippen molar-refractivity contribution < 1.29 is 0 Å². The number of nitrogens with zero attached hydrogens (tertiary/aromatic N) is 3. The van der Waals surface area contributed by atoms with E-state index in [-0.39, 0.29) is 0 Å². The van der Waals surface area contributed by atoms with Gasteiger partial charge in [0.1, 0.15) is 0 Å². The Kier molecular flexibility index (Phi) is 4.21. The van der Waals surface area contributed by atoms with E-state index < -0.39 is 0 Å². The second kappa shape index (κ2) is 6.65. The molecule has 0 saturated heterocycles. The Balaban J connectivity index is 1.53. The number of hydrogen-bond donors (Lipinski definition) is 2. The normalized spacial score (nSPS) is 10.5. The van der Waals surface area contributed by atoms with Gasteiger partial charge in [0.2, 0.25) is 5.82 Å². The number of aryl methyl sites for hydroxylation is 1. The first-order valence-electron chi connectivity index (χ1n) is 7.03.